The van der Waals surface area contributed by atoms with Crippen LogP contribution in [0.5, 0.6) is 17.4 Å². The van der Waals surface area contributed by atoms with Crippen LogP contribution in [0.3, 0.4) is 0 Å². The number of hydrogen-bond acceptors (Lipinski definition) is 3. The van der Waals surface area contributed by atoms with Crippen molar-refractivity contribution < 1.29 is 42.8 Å². The first-order chi connectivity index (χ1) is 10.1. The summed E-state index contributed by atoms with van der Waals surface area (Å²) >= 11 is 0. The third-order valence-corrected chi connectivity index (χ3v) is 4.25. The van der Waals surface area contributed by atoms with E-state index in [1.807, 2.05) is 19.2 Å². The van der Waals surface area contributed by atoms with E-state index in [0.29, 0.717) is 5.92 Å². The molecule has 1 aromatic carbocycles. The number of aromatic nitrogens is 1. The highest BCUT2D eigenvalue weighted by molar-refractivity contribution is 5.89. The molecule has 1 unspecified atom stereocenters. The number of halogens is 1. The Hall–Kier alpha value is -1.24. The molecule has 0 radical (unpaired) electrons. The Bertz CT molecular complexity index is 700. The highest BCUT2D eigenvalue weighted by Crippen LogP contribution is 2.41. The predicted molar refractivity (Wildman–Crippen MR) is 81.2 cm³/mol. The maximum Gasteiger partial charge on any atom is 0.375 e. The van der Waals surface area contributed by atoms with E-state index in [2.05, 4.69) is 24.5 Å². The van der Waals surface area contributed by atoms with Crippen molar-refractivity contribution in [2.75, 3.05) is 14.2 Å². The molecule has 0 fully saturated rings. The fraction of sp³-hybridized carbons (Fsp3) is 0.471. The lowest BCUT2D eigenvalue weighted by Gasteiger charge is -2.12. The van der Waals surface area contributed by atoms with Crippen molar-refractivity contribution >= 4 is 10.9 Å². The van der Waals surface area contributed by atoms with Gasteiger partial charge >= 0.3 is 5.88 Å². The van der Waals surface area contributed by atoms with Gasteiger partial charge in [-0.3, -0.25) is 0 Å². The van der Waals surface area contributed by atoms with Crippen LogP contribution in [-0.2, 0) is 13.5 Å². The van der Waals surface area contributed by atoms with Gasteiger partial charge in [0.1, 0.15) is 24.5 Å². The first kappa shape index (κ1) is 17.1. The largest absolute Gasteiger partial charge is 1.00 e. The number of ether oxygens (including phenoxy) is 3. The lowest BCUT2D eigenvalue weighted by atomic mass is 10.0. The zero-order valence-electron chi connectivity index (χ0n) is 13.6. The first-order valence-corrected chi connectivity index (χ1v) is 7.30. The maximum atomic E-state index is 6.18. The number of hydrogen-bond donors (Lipinski definition) is 0. The van der Waals surface area contributed by atoms with Crippen LogP contribution in [0.15, 0.2) is 18.2 Å². The van der Waals surface area contributed by atoms with Gasteiger partial charge in [0, 0.05) is 6.42 Å². The van der Waals surface area contributed by atoms with E-state index in [-0.39, 0.29) is 30.1 Å². The summed E-state index contributed by atoms with van der Waals surface area (Å²) in [6.45, 7) is 4.37. The van der Waals surface area contributed by atoms with E-state index in [1.54, 1.807) is 14.2 Å². The van der Waals surface area contributed by atoms with Crippen molar-refractivity contribution in [2.45, 2.75) is 26.4 Å². The number of rotatable bonds is 3. The molecule has 1 aliphatic heterocycles. The van der Waals surface area contributed by atoms with Crippen LogP contribution in [0.2, 0.25) is 0 Å². The lowest BCUT2D eigenvalue weighted by Crippen LogP contribution is -3.00. The Kier molecular flexibility index (Phi) is 5.04. The summed E-state index contributed by atoms with van der Waals surface area (Å²) in [5.74, 6) is 3.09. The van der Waals surface area contributed by atoms with Gasteiger partial charge in [0.2, 0.25) is 0 Å². The second-order valence-electron chi connectivity index (χ2n) is 5.84. The van der Waals surface area contributed by atoms with Gasteiger partial charge in [-0.2, -0.15) is 4.57 Å². The second kappa shape index (κ2) is 6.48. The third kappa shape index (κ3) is 2.49. The Morgan fingerprint density at radius 3 is 2.55 bits per heavy atom. The molecule has 1 aromatic heterocycles. The number of fused-ring (bicyclic) bond motifs is 2. The molecule has 1 aliphatic rings. The van der Waals surface area contributed by atoms with Gasteiger partial charge in [0.05, 0.1) is 19.6 Å². The van der Waals surface area contributed by atoms with Crippen LogP contribution in [0, 0.1) is 5.92 Å². The highest BCUT2D eigenvalue weighted by Gasteiger charge is 2.38. The Morgan fingerprint density at radius 1 is 1.23 bits per heavy atom. The summed E-state index contributed by atoms with van der Waals surface area (Å²) in [5.41, 5.74) is 2.15. The second-order valence-corrected chi connectivity index (χ2v) is 5.84. The Labute approximate surface area is 148 Å². The lowest BCUT2D eigenvalue weighted by molar-refractivity contribution is -0.651. The fourth-order valence-corrected chi connectivity index (χ4v) is 3.10. The summed E-state index contributed by atoms with van der Waals surface area (Å²) in [6, 6.07) is 6.02. The molecular weight excluding hydrogens is 393 g/mol. The van der Waals surface area contributed by atoms with Gasteiger partial charge in [0.25, 0.3) is 5.52 Å². The van der Waals surface area contributed by atoms with Crippen molar-refractivity contribution in [3.63, 3.8) is 0 Å². The quantitative estimate of drug-likeness (QED) is 0.508. The molecule has 0 aliphatic carbocycles. The van der Waals surface area contributed by atoms with Gasteiger partial charge < -0.3 is 38.2 Å². The van der Waals surface area contributed by atoms with Crippen LogP contribution in [0.25, 0.3) is 10.9 Å². The van der Waals surface area contributed by atoms with E-state index in [0.717, 1.165) is 40.3 Å². The topological polar surface area (TPSA) is 31.6 Å². The standard InChI is InChI=1S/C17H22NO3.HI/c1-10(2)14-9-12-16(20-5)11-7-6-8-13(19-4)15(11)18(3)17(12)21-14;/h6-8,10,14H,9H2,1-5H3;1H/q+1;/p-1. The number of nitrogens with zero attached hydrogens (tertiary/aromatic N) is 1. The molecule has 2 aromatic rings. The van der Waals surface area contributed by atoms with Crippen LogP contribution in [-0.4, -0.2) is 20.3 Å². The number of pyridine rings is 1. The Morgan fingerprint density at radius 2 is 1.95 bits per heavy atom. The number of aryl methyl sites for hydroxylation is 1. The van der Waals surface area contributed by atoms with Crippen molar-refractivity contribution in [1.29, 1.82) is 0 Å². The van der Waals surface area contributed by atoms with Crippen LogP contribution < -0.4 is 42.8 Å². The van der Waals surface area contributed by atoms with Gasteiger partial charge in [-0.25, -0.2) is 0 Å². The van der Waals surface area contributed by atoms with E-state index >= 15 is 0 Å². The van der Waals surface area contributed by atoms with E-state index in [1.165, 1.54) is 0 Å². The summed E-state index contributed by atoms with van der Waals surface area (Å²) < 4.78 is 19.5. The number of para-hydroxylation sites is 1. The van der Waals surface area contributed by atoms with Crippen molar-refractivity contribution in [3.05, 3.63) is 23.8 Å². The summed E-state index contributed by atoms with van der Waals surface area (Å²) in [5, 5.41) is 1.06. The van der Waals surface area contributed by atoms with Crippen molar-refractivity contribution in [3.8, 4) is 17.4 Å². The minimum absolute atomic E-state index is 0. The Balaban J connectivity index is 0.00000176. The van der Waals surface area contributed by atoms with E-state index in [4.69, 9.17) is 14.2 Å². The van der Waals surface area contributed by atoms with Crippen LogP contribution >= 0.6 is 0 Å². The average Bonchev–Trinajstić information content (AvgIpc) is 2.92. The molecule has 22 heavy (non-hydrogen) atoms. The third-order valence-electron chi connectivity index (χ3n) is 4.25. The first-order valence-electron chi connectivity index (χ1n) is 7.30. The molecule has 5 heteroatoms. The summed E-state index contributed by atoms with van der Waals surface area (Å²) in [6.07, 6.45) is 1.08. The van der Waals surface area contributed by atoms with Gasteiger partial charge in [-0.05, 0) is 18.1 Å². The molecule has 0 saturated heterocycles. The van der Waals surface area contributed by atoms with Gasteiger partial charge in [0.15, 0.2) is 5.75 Å². The molecule has 4 nitrogen and oxygen atoms in total. The van der Waals surface area contributed by atoms with Gasteiger partial charge in [-0.1, -0.05) is 19.9 Å². The highest BCUT2D eigenvalue weighted by atomic mass is 127. The minimum atomic E-state index is 0. The zero-order valence-corrected chi connectivity index (χ0v) is 15.8. The maximum absolute atomic E-state index is 6.18. The number of benzene rings is 1. The SMILES string of the molecule is COc1c2c([n+](C)c3c(OC)cccc13)OC(C(C)C)C2.[I-]. The molecule has 2 heterocycles. The number of methoxy groups -OCH3 is 2. The van der Waals surface area contributed by atoms with E-state index < -0.39 is 0 Å². The molecular formula is C17H22INO3. The normalized spacial score (nSPS) is 16.2. The van der Waals surface area contributed by atoms with E-state index in [9.17, 15) is 0 Å². The van der Waals surface area contributed by atoms with Gasteiger partial charge in [-0.15, -0.1) is 0 Å². The zero-order chi connectivity index (χ0) is 15.1. The molecule has 3 rings (SSSR count). The molecule has 1 atom stereocenters. The monoisotopic (exact) mass is 415 g/mol. The van der Waals surface area contributed by atoms with Crippen LogP contribution in [0.1, 0.15) is 19.4 Å². The summed E-state index contributed by atoms with van der Waals surface area (Å²) in [7, 11) is 5.43. The predicted octanol–water partition coefficient (Wildman–Crippen LogP) is -0.355. The smallest absolute Gasteiger partial charge is 0.375 e. The minimum Gasteiger partial charge on any atom is -1.00 e. The molecule has 0 bridgehead atoms. The molecule has 0 spiro atoms. The van der Waals surface area contributed by atoms with Crippen molar-refractivity contribution in [2.24, 2.45) is 13.0 Å². The summed E-state index contributed by atoms with van der Waals surface area (Å²) in [4.78, 5) is 0. The van der Waals surface area contributed by atoms with Crippen molar-refractivity contribution in [1.82, 2.24) is 0 Å². The molecule has 0 amide bonds. The molecule has 120 valence electrons. The fourth-order valence-electron chi connectivity index (χ4n) is 3.10. The average molecular weight is 415 g/mol. The molecule has 0 N–H and O–H groups in total. The molecule has 0 saturated carbocycles. The van der Waals surface area contributed by atoms with Crippen LogP contribution in [0.4, 0.5) is 0 Å².